The predicted octanol–water partition coefficient (Wildman–Crippen LogP) is 4.32. The van der Waals surface area contributed by atoms with Gasteiger partial charge in [0.15, 0.2) is 0 Å². The first kappa shape index (κ1) is 13.9. The highest BCUT2D eigenvalue weighted by Gasteiger charge is 2.11. The highest BCUT2D eigenvalue weighted by atomic mass is 35.5. The number of aromatic amines is 1. The summed E-state index contributed by atoms with van der Waals surface area (Å²) in [6, 6.07) is 10.4. The van der Waals surface area contributed by atoms with Gasteiger partial charge in [0.2, 0.25) is 0 Å². The Kier molecular flexibility index (Phi) is 3.57. The number of esters is 1. The molecule has 0 radical (unpaired) electrons. The summed E-state index contributed by atoms with van der Waals surface area (Å²) < 4.78 is 4.66. The summed E-state index contributed by atoms with van der Waals surface area (Å²) in [4.78, 5) is 19.0. The number of carbonyl (C=O) groups excluding carboxylic acids is 1. The SMILES string of the molecule is COC(=O)c1ccc(-c2nc3c(Cl)cc(Cl)cc3[nH]2)cc1. The van der Waals surface area contributed by atoms with Crippen LogP contribution >= 0.6 is 23.2 Å². The first-order valence-electron chi connectivity index (χ1n) is 6.12. The minimum absolute atomic E-state index is 0.374. The Hall–Kier alpha value is -2.04. The van der Waals surface area contributed by atoms with Crippen molar-refractivity contribution >= 4 is 40.2 Å². The van der Waals surface area contributed by atoms with Crippen LogP contribution in [0, 0.1) is 0 Å². The van der Waals surface area contributed by atoms with Crippen LogP contribution in [0.25, 0.3) is 22.4 Å². The predicted molar refractivity (Wildman–Crippen MR) is 82.9 cm³/mol. The van der Waals surface area contributed by atoms with Crippen LogP contribution in [0.15, 0.2) is 36.4 Å². The zero-order chi connectivity index (χ0) is 15.0. The highest BCUT2D eigenvalue weighted by Crippen LogP contribution is 2.29. The highest BCUT2D eigenvalue weighted by molar-refractivity contribution is 6.38. The lowest BCUT2D eigenvalue weighted by atomic mass is 10.1. The zero-order valence-corrected chi connectivity index (χ0v) is 12.5. The van der Waals surface area contributed by atoms with Crippen molar-refractivity contribution in [2.24, 2.45) is 0 Å². The van der Waals surface area contributed by atoms with Gasteiger partial charge in [-0.2, -0.15) is 0 Å². The molecule has 0 aliphatic heterocycles. The molecule has 106 valence electrons. The first-order valence-corrected chi connectivity index (χ1v) is 6.87. The zero-order valence-electron chi connectivity index (χ0n) is 11.0. The molecule has 0 saturated carbocycles. The van der Waals surface area contributed by atoms with E-state index in [1.807, 2.05) is 0 Å². The number of fused-ring (bicyclic) bond motifs is 1. The lowest BCUT2D eigenvalue weighted by molar-refractivity contribution is 0.0601. The van der Waals surface area contributed by atoms with Gasteiger partial charge in [-0.05, 0) is 24.3 Å². The number of methoxy groups -OCH3 is 1. The number of aromatic nitrogens is 2. The maximum absolute atomic E-state index is 11.4. The second-order valence-corrected chi connectivity index (χ2v) is 5.28. The lowest BCUT2D eigenvalue weighted by Crippen LogP contribution is -2.00. The van der Waals surface area contributed by atoms with Gasteiger partial charge >= 0.3 is 5.97 Å². The number of H-pyrrole nitrogens is 1. The van der Waals surface area contributed by atoms with Gasteiger partial charge in [-0.3, -0.25) is 0 Å². The average Bonchev–Trinajstić information content (AvgIpc) is 2.91. The fourth-order valence-electron chi connectivity index (χ4n) is 2.06. The maximum Gasteiger partial charge on any atom is 0.337 e. The fraction of sp³-hybridized carbons (Fsp3) is 0.0667. The number of imidazole rings is 1. The molecule has 6 heteroatoms. The molecule has 0 atom stereocenters. The third-order valence-electron chi connectivity index (χ3n) is 3.08. The molecule has 0 bridgehead atoms. The van der Waals surface area contributed by atoms with Crippen LogP contribution in [0.5, 0.6) is 0 Å². The summed E-state index contributed by atoms with van der Waals surface area (Å²) in [6.07, 6.45) is 0. The molecule has 3 rings (SSSR count). The van der Waals surface area contributed by atoms with E-state index >= 15 is 0 Å². The van der Waals surface area contributed by atoms with Crippen molar-refractivity contribution in [3.8, 4) is 11.4 Å². The van der Waals surface area contributed by atoms with E-state index < -0.39 is 0 Å². The van der Waals surface area contributed by atoms with Gasteiger partial charge in [0.1, 0.15) is 11.3 Å². The van der Waals surface area contributed by atoms with Crippen molar-refractivity contribution < 1.29 is 9.53 Å². The van der Waals surface area contributed by atoms with Crippen molar-refractivity contribution in [3.63, 3.8) is 0 Å². The molecular weight excluding hydrogens is 311 g/mol. The Labute approximate surface area is 130 Å². The molecule has 0 aliphatic rings. The molecule has 0 fully saturated rings. The van der Waals surface area contributed by atoms with Crippen molar-refractivity contribution in [1.82, 2.24) is 9.97 Å². The second kappa shape index (κ2) is 5.39. The van der Waals surface area contributed by atoms with Crippen LogP contribution in [0.2, 0.25) is 10.0 Å². The molecule has 2 aromatic carbocycles. The number of hydrogen-bond donors (Lipinski definition) is 1. The van der Waals surface area contributed by atoms with Gasteiger partial charge in [0, 0.05) is 10.6 Å². The molecule has 0 aliphatic carbocycles. The molecule has 1 aromatic heterocycles. The van der Waals surface area contributed by atoms with Crippen LogP contribution < -0.4 is 0 Å². The molecule has 1 heterocycles. The molecule has 21 heavy (non-hydrogen) atoms. The first-order chi connectivity index (χ1) is 10.1. The van der Waals surface area contributed by atoms with Crippen molar-refractivity contribution in [3.05, 3.63) is 52.0 Å². The number of benzene rings is 2. The Morgan fingerprint density at radius 2 is 1.90 bits per heavy atom. The van der Waals surface area contributed by atoms with Crippen LogP contribution in [-0.4, -0.2) is 23.0 Å². The number of halogens is 2. The summed E-state index contributed by atoms with van der Waals surface area (Å²) in [5.74, 6) is 0.284. The van der Waals surface area contributed by atoms with Crippen LogP contribution in [-0.2, 0) is 4.74 Å². The molecule has 3 aromatic rings. The minimum Gasteiger partial charge on any atom is -0.465 e. The number of nitrogens with one attached hydrogen (secondary N) is 1. The van der Waals surface area contributed by atoms with Crippen molar-refractivity contribution in [1.29, 1.82) is 0 Å². The van der Waals surface area contributed by atoms with Crippen LogP contribution in [0.1, 0.15) is 10.4 Å². The summed E-state index contributed by atoms with van der Waals surface area (Å²) in [5, 5.41) is 1.04. The molecule has 0 saturated heterocycles. The van der Waals surface area contributed by atoms with Gasteiger partial charge in [-0.1, -0.05) is 35.3 Å². The summed E-state index contributed by atoms with van der Waals surface area (Å²) in [7, 11) is 1.35. The van der Waals surface area contributed by atoms with Gasteiger partial charge in [0.05, 0.1) is 23.2 Å². The van der Waals surface area contributed by atoms with E-state index in [1.165, 1.54) is 7.11 Å². The molecule has 0 spiro atoms. The van der Waals surface area contributed by atoms with E-state index in [4.69, 9.17) is 23.2 Å². The number of ether oxygens (including phenoxy) is 1. The third-order valence-corrected chi connectivity index (χ3v) is 3.59. The smallest absolute Gasteiger partial charge is 0.337 e. The average molecular weight is 321 g/mol. The standard InChI is InChI=1S/C15H10Cl2N2O2/c1-21-15(20)9-4-2-8(3-5-9)14-18-12-7-10(16)6-11(17)13(12)19-14/h2-7H,1H3,(H,18,19). The Balaban J connectivity index is 2.04. The van der Waals surface area contributed by atoms with Crippen LogP contribution in [0.4, 0.5) is 0 Å². The third kappa shape index (κ3) is 2.60. The fourth-order valence-corrected chi connectivity index (χ4v) is 2.60. The number of hydrogen-bond acceptors (Lipinski definition) is 3. The van der Waals surface area contributed by atoms with E-state index in [0.717, 1.165) is 11.1 Å². The topological polar surface area (TPSA) is 55.0 Å². The normalized spacial score (nSPS) is 10.8. The molecule has 0 amide bonds. The lowest BCUT2D eigenvalue weighted by Gasteiger charge is -2.00. The molecule has 4 nitrogen and oxygen atoms in total. The Morgan fingerprint density at radius 3 is 2.57 bits per heavy atom. The van der Waals surface area contributed by atoms with E-state index in [1.54, 1.807) is 36.4 Å². The van der Waals surface area contributed by atoms with Crippen LogP contribution in [0.3, 0.4) is 0 Å². The molecule has 0 unspecified atom stereocenters. The number of rotatable bonds is 2. The molecular formula is C15H10Cl2N2O2. The number of nitrogens with zero attached hydrogens (tertiary/aromatic N) is 1. The maximum atomic E-state index is 11.4. The second-order valence-electron chi connectivity index (χ2n) is 4.44. The Morgan fingerprint density at radius 1 is 1.19 bits per heavy atom. The van der Waals surface area contributed by atoms with Gasteiger partial charge in [-0.15, -0.1) is 0 Å². The number of carbonyl (C=O) groups is 1. The van der Waals surface area contributed by atoms with E-state index in [9.17, 15) is 4.79 Å². The summed E-state index contributed by atoms with van der Waals surface area (Å²) >= 11 is 12.1. The summed E-state index contributed by atoms with van der Waals surface area (Å²) in [6.45, 7) is 0. The van der Waals surface area contributed by atoms with E-state index in [0.29, 0.717) is 26.9 Å². The quantitative estimate of drug-likeness (QED) is 0.715. The monoisotopic (exact) mass is 320 g/mol. The van der Waals surface area contributed by atoms with Crippen molar-refractivity contribution in [2.45, 2.75) is 0 Å². The summed E-state index contributed by atoms with van der Waals surface area (Å²) in [5.41, 5.74) is 2.75. The van der Waals surface area contributed by atoms with E-state index in [-0.39, 0.29) is 5.97 Å². The largest absolute Gasteiger partial charge is 0.465 e. The van der Waals surface area contributed by atoms with E-state index in [2.05, 4.69) is 14.7 Å². The minimum atomic E-state index is -0.374. The van der Waals surface area contributed by atoms with Crippen molar-refractivity contribution in [2.75, 3.05) is 7.11 Å². The van der Waals surface area contributed by atoms with Gasteiger partial charge in [-0.25, -0.2) is 9.78 Å². The Bertz CT molecular complexity index is 826. The molecule has 1 N–H and O–H groups in total. The van der Waals surface area contributed by atoms with Gasteiger partial charge in [0.25, 0.3) is 0 Å². The van der Waals surface area contributed by atoms with Gasteiger partial charge < -0.3 is 9.72 Å².